The molecular formula is C23H24ClN3O4. The quantitative estimate of drug-likeness (QED) is 0.668. The predicted octanol–water partition coefficient (Wildman–Crippen LogP) is 4.51. The number of ether oxygens (including phenoxy) is 1. The molecule has 0 aromatic heterocycles. The van der Waals surface area contributed by atoms with Gasteiger partial charge in [0.25, 0.3) is 5.91 Å². The Hall–Kier alpha value is -3.32. The van der Waals surface area contributed by atoms with Crippen LogP contribution in [0.2, 0.25) is 5.02 Å². The number of allylic oxidation sites excluding steroid dienone is 1. The lowest BCUT2D eigenvalue weighted by Crippen LogP contribution is -2.46. The summed E-state index contributed by atoms with van der Waals surface area (Å²) in [4.78, 5) is 39.1. The van der Waals surface area contributed by atoms with Crippen molar-refractivity contribution in [3.63, 3.8) is 0 Å². The molecule has 1 aliphatic rings. The molecule has 0 fully saturated rings. The fourth-order valence-electron chi connectivity index (χ4n) is 3.26. The van der Waals surface area contributed by atoms with Crippen molar-refractivity contribution in [1.82, 2.24) is 10.2 Å². The number of halogens is 1. The topological polar surface area (TPSA) is 87.7 Å². The van der Waals surface area contributed by atoms with Crippen molar-refractivity contribution in [3.05, 3.63) is 76.0 Å². The summed E-state index contributed by atoms with van der Waals surface area (Å²) in [6.45, 7) is 5.23. The molecule has 0 spiro atoms. The maximum atomic E-state index is 12.8. The molecule has 0 radical (unpaired) electrons. The molecule has 1 aliphatic heterocycles. The summed E-state index contributed by atoms with van der Waals surface area (Å²) in [5.74, 6) is -0.823. The second-order valence-electron chi connectivity index (χ2n) is 7.48. The smallest absolute Gasteiger partial charge is 0.338 e. The van der Waals surface area contributed by atoms with E-state index in [9.17, 15) is 14.4 Å². The Morgan fingerprint density at radius 3 is 2.55 bits per heavy atom. The second-order valence-corrected chi connectivity index (χ2v) is 7.92. The van der Waals surface area contributed by atoms with Crippen LogP contribution in [-0.4, -0.2) is 36.0 Å². The highest BCUT2D eigenvalue weighted by Crippen LogP contribution is 2.32. The van der Waals surface area contributed by atoms with Gasteiger partial charge in [-0.05, 0) is 56.7 Å². The van der Waals surface area contributed by atoms with E-state index in [1.54, 1.807) is 76.3 Å². The van der Waals surface area contributed by atoms with Crippen molar-refractivity contribution in [1.29, 1.82) is 0 Å². The maximum Gasteiger partial charge on any atom is 0.338 e. The largest absolute Gasteiger partial charge is 0.459 e. The van der Waals surface area contributed by atoms with Crippen LogP contribution in [0.5, 0.6) is 0 Å². The molecule has 8 heteroatoms. The van der Waals surface area contributed by atoms with Gasteiger partial charge in [0, 0.05) is 29.0 Å². The molecule has 0 aliphatic carbocycles. The van der Waals surface area contributed by atoms with Crippen LogP contribution in [0, 0.1) is 0 Å². The van der Waals surface area contributed by atoms with E-state index in [-0.39, 0.29) is 18.0 Å². The molecule has 31 heavy (non-hydrogen) atoms. The zero-order valence-corrected chi connectivity index (χ0v) is 18.5. The number of nitrogens with one attached hydrogen (secondary N) is 2. The van der Waals surface area contributed by atoms with E-state index in [0.717, 1.165) is 0 Å². The highest BCUT2D eigenvalue weighted by Gasteiger charge is 2.35. The number of nitrogens with zero attached hydrogens (tertiary/aromatic N) is 1. The van der Waals surface area contributed by atoms with Crippen LogP contribution in [-0.2, 0) is 9.53 Å². The summed E-state index contributed by atoms with van der Waals surface area (Å²) in [6.07, 6.45) is -0.306. The monoisotopic (exact) mass is 441 g/mol. The van der Waals surface area contributed by atoms with E-state index in [1.807, 2.05) is 0 Å². The average molecular weight is 442 g/mol. The summed E-state index contributed by atoms with van der Waals surface area (Å²) in [5.41, 5.74) is 2.43. The summed E-state index contributed by atoms with van der Waals surface area (Å²) in [6, 6.07) is 12.5. The zero-order valence-electron chi connectivity index (χ0n) is 17.7. The van der Waals surface area contributed by atoms with E-state index in [1.165, 1.54) is 4.90 Å². The highest BCUT2D eigenvalue weighted by atomic mass is 35.5. The lowest BCUT2D eigenvalue weighted by atomic mass is 9.94. The Balaban J connectivity index is 1.93. The number of carbonyl (C=O) groups is 3. The summed E-state index contributed by atoms with van der Waals surface area (Å²) >= 11 is 5.97. The van der Waals surface area contributed by atoms with Gasteiger partial charge in [0.1, 0.15) is 0 Å². The molecule has 2 N–H and O–H groups in total. The van der Waals surface area contributed by atoms with Gasteiger partial charge in [-0.15, -0.1) is 0 Å². The molecule has 2 aromatic rings. The van der Waals surface area contributed by atoms with Gasteiger partial charge in [-0.3, -0.25) is 4.79 Å². The van der Waals surface area contributed by atoms with Crippen molar-refractivity contribution in [3.8, 4) is 0 Å². The number of anilines is 1. The van der Waals surface area contributed by atoms with Crippen molar-refractivity contribution >= 4 is 35.2 Å². The number of carbonyl (C=O) groups excluding carboxylic acids is 3. The first kappa shape index (κ1) is 22.4. The Bertz CT molecular complexity index is 1060. The van der Waals surface area contributed by atoms with Gasteiger partial charge in [-0.2, -0.15) is 0 Å². The van der Waals surface area contributed by atoms with Crippen molar-refractivity contribution < 1.29 is 19.1 Å². The normalized spacial score (nSPS) is 16.3. The van der Waals surface area contributed by atoms with Crippen LogP contribution in [0.1, 0.15) is 42.7 Å². The van der Waals surface area contributed by atoms with Gasteiger partial charge in [0.05, 0.1) is 17.7 Å². The van der Waals surface area contributed by atoms with Crippen LogP contribution in [0.15, 0.2) is 59.8 Å². The molecule has 7 nitrogen and oxygen atoms in total. The van der Waals surface area contributed by atoms with Crippen molar-refractivity contribution in [2.24, 2.45) is 0 Å². The first-order valence-electron chi connectivity index (χ1n) is 9.80. The van der Waals surface area contributed by atoms with Crippen molar-refractivity contribution in [2.45, 2.75) is 32.9 Å². The Labute approximate surface area is 186 Å². The molecule has 1 heterocycles. The average Bonchev–Trinajstić information content (AvgIpc) is 2.71. The predicted molar refractivity (Wildman–Crippen MR) is 119 cm³/mol. The summed E-state index contributed by atoms with van der Waals surface area (Å²) < 4.78 is 5.40. The Morgan fingerprint density at radius 1 is 1.16 bits per heavy atom. The highest BCUT2D eigenvalue weighted by molar-refractivity contribution is 6.31. The van der Waals surface area contributed by atoms with Crippen LogP contribution >= 0.6 is 11.6 Å². The van der Waals surface area contributed by atoms with Crippen molar-refractivity contribution in [2.75, 3.05) is 12.4 Å². The number of amides is 3. The third kappa shape index (κ3) is 5.06. The summed E-state index contributed by atoms with van der Waals surface area (Å²) in [7, 11) is 1.59. The molecule has 0 bridgehead atoms. The molecule has 0 saturated heterocycles. The lowest BCUT2D eigenvalue weighted by Gasteiger charge is -2.33. The number of hydrogen-bond acceptors (Lipinski definition) is 4. The SMILES string of the molecule is CC1=C(C(=O)OC(C)C)C(c2cccc(NC(=O)c3cccc(Cl)c3)c2)NC(=O)N1C. The number of esters is 1. The molecular weight excluding hydrogens is 418 g/mol. The molecule has 1 atom stereocenters. The van der Waals surface area contributed by atoms with E-state index in [0.29, 0.717) is 33.1 Å². The van der Waals surface area contributed by atoms with Crippen LogP contribution in [0.4, 0.5) is 10.5 Å². The first-order chi connectivity index (χ1) is 14.7. The van der Waals surface area contributed by atoms with E-state index < -0.39 is 12.0 Å². The van der Waals surface area contributed by atoms with Crippen LogP contribution in [0.25, 0.3) is 0 Å². The standard InChI is InChI=1S/C23H24ClN3O4/c1-13(2)31-22(29)19-14(3)27(4)23(30)26-20(19)15-7-6-10-18(12-15)25-21(28)16-8-5-9-17(24)11-16/h5-13,20H,1-4H3,(H,25,28)(H,26,30). The molecule has 0 saturated carbocycles. The van der Waals surface area contributed by atoms with Gasteiger partial charge in [0.2, 0.25) is 0 Å². The number of urea groups is 1. The first-order valence-corrected chi connectivity index (χ1v) is 10.2. The van der Waals surface area contributed by atoms with Crippen LogP contribution in [0.3, 0.4) is 0 Å². The Kier molecular flexibility index (Phi) is 6.65. The van der Waals surface area contributed by atoms with Gasteiger partial charge < -0.3 is 20.3 Å². The van der Waals surface area contributed by atoms with Crippen LogP contribution < -0.4 is 10.6 Å². The molecule has 3 amide bonds. The van der Waals surface area contributed by atoms with Gasteiger partial charge >= 0.3 is 12.0 Å². The van der Waals surface area contributed by atoms with E-state index >= 15 is 0 Å². The minimum atomic E-state index is -0.710. The number of benzene rings is 2. The minimum Gasteiger partial charge on any atom is -0.459 e. The van der Waals surface area contributed by atoms with E-state index in [4.69, 9.17) is 16.3 Å². The third-order valence-corrected chi connectivity index (χ3v) is 5.12. The number of rotatable bonds is 5. The molecule has 2 aromatic carbocycles. The zero-order chi connectivity index (χ0) is 22.7. The molecule has 3 rings (SSSR count). The summed E-state index contributed by atoms with van der Waals surface area (Å²) in [5, 5.41) is 6.12. The molecule has 1 unspecified atom stereocenters. The fraction of sp³-hybridized carbons (Fsp3) is 0.261. The lowest BCUT2D eigenvalue weighted by molar-refractivity contribution is -0.143. The minimum absolute atomic E-state index is 0.306. The van der Waals surface area contributed by atoms with Gasteiger partial charge in [-0.1, -0.05) is 29.8 Å². The maximum absolute atomic E-state index is 12.8. The van der Waals surface area contributed by atoms with E-state index in [2.05, 4.69) is 10.6 Å². The second kappa shape index (κ2) is 9.22. The van der Waals surface area contributed by atoms with Gasteiger partial charge in [0.15, 0.2) is 0 Å². The number of hydrogen-bond donors (Lipinski definition) is 2. The Morgan fingerprint density at radius 2 is 1.87 bits per heavy atom. The third-order valence-electron chi connectivity index (χ3n) is 4.88. The fourth-order valence-corrected chi connectivity index (χ4v) is 3.45. The molecule has 162 valence electrons. The van der Waals surface area contributed by atoms with Gasteiger partial charge in [-0.25, -0.2) is 9.59 Å².